The van der Waals surface area contributed by atoms with Crippen molar-refractivity contribution < 1.29 is 4.79 Å². The highest BCUT2D eigenvalue weighted by Gasteiger charge is 2.15. The van der Waals surface area contributed by atoms with Crippen LogP contribution in [-0.4, -0.2) is 29.0 Å². The molecule has 0 saturated heterocycles. The number of nitrogens with zero attached hydrogens (tertiary/aromatic N) is 3. The van der Waals surface area contributed by atoms with Crippen LogP contribution in [0.15, 0.2) is 24.3 Å². The largest absolute Gasteiger partial charge is 0.357 e. The number of nitrogens with one attached hydrogen (secondary N) is 1. The van der Waals surface area contributed by atoms with Crippen molar-refractivity contribution in [3.8, 4) is 0 Å². The van der Waals surface area contributed by atoms with Crippen molar-refractivity contribution in [3.05, 3.63) is 46.4 Å². The van der Waals surface area contributed by atoms with E-state index >= 15 is 0 Å². The van der Waals surface area contributed by atoms with E-state index in [1.165, 1.54) is 0 Å². The van der Waals surface area contributed by atoms with Crippen LogP contribution < -0.4 is 10.2 Å². The molecule has 0 fully saturated rings. The molecule has 0 unspecified atom stereocenters. The van der Waals surface area contributed by atoms with E-state index < -0.39 is 0 Å². The summed E-state index contributed by atoms with van der Waals surface area (Å²) in [4.78, 5) is 23.7. The van der Waals surface area contributed by atoms with Gasteiger partial charge in [-0.1, -0.05) is 31.5 Å². The molecule has 1 amide bonds. The molecule has 0 aliphatic rings. The van der Waals surface area contributed by atoms with Gasteiger partial charge >= 0.3 is 0 Å². The second kappa shape index (κ2) is 8.81. The molecule has 6 heteroatoms. The lowest BCUT2D eigenvalue weighted by atomic mass is 10.2. The Kier molecular flexibility index (Phi) is 6.76. The zero-order valence-corrected chi connectivity index (χ0v) is 16.0. The number of anilines is 2. The summed E-state index contributed by atoms with van der Waals surface area (Å²) in [6, 6.07) is 7.17. The molecule has 1 aromatic heterocycles. The van der Waals surface area contributed by atoms with Crippen molar-refractivity contribution >= 4 is 29.0 Å². The molecule has 1 N–H and O–H groups in total. The van der Waals surface area contributed by atoms with Gasteiger partial charge in [0.25, 0.3) is 5.91 Å². The Morgan fingerprint density at radius 3 is 2.44 bits per heavy atom. The molecule has 1 heterocycles. The van der Waals surface area contributed by atoms with Gasteiger partial charge in [-0.25, -0.2) is 9.97 Å². The number of hydrogen-bond donors (Lipinski definition) is 1. The highest BCUT2D eigenvalue weighted by atomic mass is 35.5. The molecule has 25 heavy (non-hydrogen) atoms. The molecule has 2 aromatic rings. The zero-order chi connectivity index (χ0) is 18.4. The summed E-state index contributed by atoms with van der Waals surface area (Å²) in [7, 11) is 0. The number of halogens is 1. The Hall–Kier alpha value is -2.14. The van der Waals surface area contributed by atoms with Crippen molar-refractivity contribution in [2.45, 2.75) is 40.5 Å². The van der Waals surface area contributed by atoms with Crippen LogP contribution in [0.5, 0.6) is 0 Å². The average Bonchev–Trinajstić information content (AvgIpc) is 2.57. The van der Waals surface area contributed by atoms with E-state index in [1.54, 1.807) is 25.1 Å². The van der Waals surface area contributed by atoms with Crippen molar-refractivity contribution in [1.29, 1.82) is 0 Å². The average molecular weight is 361 g/mol. The smallest absolute Gasteiger partial charge is 0.274 e. The maximum Gasteiger partial charge on any atom is 0.274 e. The second-order valence-corrected chi connectivity index (χ2v) is 6.50. The lowest BCUT2D eigenvalue weighted by Crippen LogP contribution is -2.27. The van der Waals surface area contributed by atoms with E-state index in [1.807, 2.05) is 13.0 Å². The maximum atomic E-state index is 12.7. The van der Waals surface area contributed by atoms with E-state index in [0.717, 1.165) is 37.3 Å². The minimum atomic E-state index is -0.259. The van der Waals surface area contributed by atoms with Crippen LogP contribution >= 0.6 is 11.6 Å². The molecule has 2 rings (SSSR count). The third kappa shape index (κ3) is 5.16. The zero-order valence-electron chi connectivity index (χ0n) is 15.3. The Balaban J connectivity index is 2.28. The van der Waals surface area contributed by atoms with Crippen LogP contribution in [0.3, 0.4) is 0 Å². The van der Waals surface area contributed by atoms with Crippen molar-refractivity contribution in [2.75, 3.05) is 23.3 Å². The molecule has 0 bridgehead atoms. The number of carbonyl (C=O) groups is 1. The molecule has 0 atom stereocenters. The van der Waals surface area contributed by atoms with Crippen LogP contribution in [-0.2, 0) is 0 Å². The lowest BCUT2D eigenvalue weighted by Gasteiger charge is -2.23. The van der Waals surface area contributed by atoms with Crippen LogP contribution in [0.4, 0.5) is 11.5 Å². The number of aromatic nitrogens is 2. The number of benzene rings is 1. The first-order valence-electron chi connectivity index (χ1n) is 8.62. The molecule has 134 valence electrons. The van der Waals surface area contributed by atoms with Crippen molar-refractivity contribution in [2.24, 2.45) is 0 Å². The van der Waals surface area contributed by atoms with E-state index in [2.05, 4.69) is 34.0 Å². The van der Waals surface area contributed by atoms with E-state index in [-0.39, 0.29) is 5.91 Å². The predicted molar refractivity (Wildman–Crippen MR) is 104 cm³/mol. The summed E-state index contributed by atoms with van der Waals surface area (Å²) < 4.78 is 0. The van der Waals surface area contributed by atoms with Gasteiger partial charge in [0.15, 0.2) is 0 Å². The van der Waals surface area contributed by atoms with E-state index in [9.17, 15) is 4.79 Å². The fourth-order valence-corrected chi connectivity index (χ4v) is 2.80. The van der Waals surface area contributed by atoms with Gasteiger partial charge in [-0.3, -0.25) is 4.79 Å². The van der Waals surface area contributed by atoms with Gasteiger partial charge in [-0.05, 0) is 44.4 Å². The summed E-state index contributed by atoms with van der Waals surface area (Å²) in [5.74, 6) is 1.12. The fourth-order valence-electron chi connectivity index (χ4n) is 2.63. The van der Waals surface area contributed by atoms with Crippen LogP contribution in [0.1, 0.15) is 48.6 Å². The number of rotatable bonds is 7. The molecule has 0 aliphatic heterocycles. The van der Waals surface area contributed by atoms with Crippen LogP contribution in [0, 0.1) is 13.8 Å². The summed E-state index contributed by atoms with van der Waals surface area (Å²) in [6.45, 7) is 9.80. The monoisotopic (exact) mass is 360 g/mol. The van der Waals surface area contributed by atoms with Gasteiger partial charge < -0.3 is 10.2 Å². The van der Waals surface area contributed by atoms with E-state index in [0.29, 0.717) is 22.2 Å². The Morgan fingerprint density at radius 1 is 1.12 bits per heavy atom. The second-order valence-electron chi connectivity index (χ2n) is 6.06. The molecular formula is C19H25ClN4O. The number of amides is 1. The third-order valence-corrected chi connectivity index (χ3v) is 4.05. The standard InChI is InChI=1S/C19H25ClN4O/c1-5-9-24(10-6-2)18-12-17(21-14(4)22-18)19(25)23-16-11-15(20)8-7-13(16)3/h7-8,11-12H,5-6,9-10H2,1-4H3,(H,23,25). The highest BCUT2D eigenvalue weighted by molar-refractivity contribution is 6.31. The fraction of sp³-hybridized carbons (Fsp3) is 0.421. The number of aryl methyl sites for hydroxylation is 2. The maximum absolute atomic E-state index is 12.7. The Labute approximate surface area is 154 Å². The first-order valence-corrected chi connectivity index (χ1v) is 9.00. The lowest BCUT2D eigenvalue weighted by molar-refractivity contribution is 0.102. The molecule has 0 aliphatic carbocycles. The van der Waals surface area contributed by atoms with Crippen molar-refractivity contribution in [1.82, 2.24) is 9.97 Å². The van der Waals surface area contributed by atoms with Gasteiger partial charge in [-0.2, -0.15) is 0 Å². The van der Waals surface area contributed by atoms with Gasteiger partial charge in [0.05, 0.1) is 0 Å². The predicted octanol–water partition coefficient (Wildman–Crippen LogP) is 4.63. The topological polar surface area (TPSA) is 58.1 Å². The van der Waals surface area contributed by atoms with Gasteiger partial charge in [0.1, 0.15) is 17.3 Å². The SMILES string of the molecule is CCCN(CCC)c1cc(C(=O)Nc2cc(Cl)ccc2C)nc(C)n1. The normalized spacial score (nSPS) is 10.6. The first kappa shape index (κ1) is 19.2. The Morgan fingerprint density at radius 2 is 1.80 bits per heavy atom. The number of carbonyl (C=O) groups excluding carboxylic acids is 1. The summed E-state index contributed by atoms with van der Waals surface area (Å²) >= 11 is 6.02. The Bertz CT molecular complexity index is 742. The van der Waals surface area contributed by atoms with Gasteiger partial charge in [-0.15, -0.1) is 0 Å². The summed E-state index contributed by atoms with van der Waals surface area (Å²) in [6.07, 6.45) is 2.04. The third-order valence-electron chi connectivity index (χ3n) is 3.82. The van der Waals surface area contributed by atoms with Crippen LogP contribution in [0.25, 0.3) is 0 Å². The summed E-state index contributed by atoms with van der Waals surface area (Å²) in [5.41, 5.74) is 2.00. The van der Waals surface area contributed by atoms with E-state index in [4.69, 9.17) is 11.6 Å². The van der Waals surface area contributed by atoms with Crippen molar-refractivity contribution in [3.63, 3.8) is 0 Å². The summed E-state index contributed by atoms with van der Waals surface area (Å²) in [5, 5.41) is 3.47. The highest BCUT2D eigenvalue weighted by Crippen LogP contribution is 2.21. The first-order chi connectivity index (χ1) is 11.9. The van der Waals surface area contributed by atoms with Gasteiger partial charge in [0.2, 0.25) is 0 Å². The molecule has 0 radical (unpaired) electrons. The molecule has 5 nitrogen and oxygen atoms in total. The molecule has 0 spiro atoms. The minimum absolute atomic E-state index is 0.259. The van der Waals surface area contributed by atoms with Gasteiger partial charge in [0, 0.05) is 29.9 Å². The van der Waals surface area contributed by atoms with Crippen LogP contribution in [0.2, 0.25) is 5.02 Å². The number of hydrogen-bond acceptors (Lipinski definition) is 4. The molecular weight excluding hydrogens is 336 g/mol. The molecule has 0 saturated carbocycles. The molecule has 1 aromatic carbocycles. The quantitative estimate of drug-likeness (QED) is 0.782. The minimum Gasteiger partial charge on any atom is -0.357 e.